The zero-order valence-corrected chi connectivity index (χ0v) is 12.2. The van der Waals surface area contributed by atoms with Crippen LogP contribution in [-0.2, 0) is 6.18 Å². The second kappa shape index (κ2) is 5.40. The van der Waals surface area contributed by atoms with Gasteiger partial charge in [-0.2, -0.15) is 13.2 Å². The van der Waals surface area contributed by atoms with Gasteiger partial charge in [-0.05, 0) is 37.6 Å². The van der Waals surface area contributed by atoms with E-state index in [2.05, 4.69) is 5.32 Å². The van der Waals surface area contributed by atoms with E-state index in [1.54, 1.807) is 6.92 Å². The number of nitrogens with one attached hydrogen (secondary N) is 1. The molecule has 7 heteroatoms. The van der Waals surface area contributed by atoms with Crippen LogP contribution in [-0.4, -0.2) is 5.91 Å². The summed E-state index contributed by atoms with van der Waals surface area (Å²) in [5.41, 5.74) is 5.59. The number of aryl methyl sites for hydroxylation is 2. The Hall–Kier alpha value is -2.02. The number of benzene rings is 1. The van der Waals surface area contributed by atoms with E-state index in [1.165, 1.54) is 36.5 Å². The number of carbonyl (C=O) groups is 1. The number of thiophene rings is 1. The summed E-state index contributed by atoms with van der Waals surface area (Å²) in [5, 5.41) is 2.45. The molecule has 1 amide bonds. The first-order chi connectivity index (χ1) is 9.68. The number of halogens is 3. The van der Waals surface area contributed by atoms with Crippen molar-refractivity contribution in [2.24, 2.45) is 0 Å². The van der Waals surface area contributed by atoms with E-state index >= 15 is 0 Å². The Bertz CT molecular complexity index is 673. The van der Waals surface area contributed by atoms with Gasteiger partial charge in [0.15, 0.2) is 0 Å². The molecule has 0 spiro atoms. The van der Waals surface area contributed by atoms with Gasteiger partial charge in [-0.1, -0.05) is 6.07 Å². The van der Waals surface area contributed by atoms with Crippen molar-refractivity contribution >= 4 is 28.6 Å². The average Bonchev–Trinajstić information content (AvgIpc) is 2.71. The van der Waals surface area contributed by atoms with Gasteiger partial charge in [-0.15, -0.1) is 11.3 Å². The zero-order chi connectivity index (χ0) is 15.8. The predicted molar refractivity (Wildman–Crippen MR) is 77.6 cm³/mol. The van der Waals surface area contributed by atoms with E-state index in [9.17, 15) is 18.0 Å². The lowest BCUT2D eigenvalue weighted by Gasteiger charge is -2.12. The maximum atomic E-state index is 12.8. The van der Waals surface area contributed by atoms with E-state index in [-0.39, 0.29) is 11.3 Å². The van der Waals surface area contributed by atoms with E-state index in [0.717, 1.165) is 10.9 Å². The van der Waals surface area contributed by atoms with Crippen LogP contribution >= 0.6 is 11.3 Å². The summed E-state index contributed by atoms with van der Waals surface area (Å²) in [6, 6.07) is 5.20. The molecule has 0 bridgehead atoms. The molecule has 1 aromatic heterocycles. The molecule has 0 fully saturated rings. The molecule has 1 heterocycles. The van der Waals surface area contributed by atoms with Gasteiger partial charge in [0.25, 0.3) is 5.91 Å². The lowest BCUT2D eigenvalue weighted by Crippen LogP contribution is -2.13. The third-order valence-corrected chi connectivity index (χ3v) is 4.05. The second-order valence-corrected chi connectivity index (χ2v) is 5.86. The van der Waals surface area contributed by atoms with Crippen molar-refractivity contribution in [3.63, 3.8) is 0 Å². The average molecular weight is 314 g/mol. The highest BCUT2D eigenvalue weighted by molar-refractivity contribution is 7.14. The van der Waals surface area contributed by atoms with Crippen molar-refractivity contribution in [2.75, 3.05) is 11.1 Å². The van der Waals surface area contributed by atoms with Crippen molar-refractivity contribution in [1.29, 1.82) is 0 Å². The van der Waals surface area contributed by atoms with Crippen LogP contribution in [0.5, 0.6) is 0 Å². The van der Waals surface area contributed by atoms with Gasteiger partial charge >= 0.3 is 6.18 Å². The van der Waals surface area contributed by atoms with Crippen molar-refractivity contribution in [3.05, 3.63) is 45.1 Å². The number of hydrogen-bond donors (Lipinski definition) is 2. The molecule has 0 unspecified atom stereocenters. The first-order valence-corrected chi connectivity index (χ1v) is 6.85. The summed E-state index contributed by atoms with van der Waals surface area (Å²) in [6.45, 7) is 3.14. The molecule has 112 valence electrons. The van der Waals surface area contributed by atoms with Crippen molar-refractivity contribution in [3.8, 4) is 0 Å². The maximum Gasteiger partial charge on any atom is 0.416 e. The van der Waals surface area contributed by atoms with Crippen LogP contribution in [0.2, 0.25) is 0 Å². The number of carbonyl (C=O) groups excluding carboxylic acids is 1. The van der Waals surface area contributed by atoms with Crippen LogP contribution < -0.4 is 11.1 Å². The lowest BCUT2D eigenvalue weighted by atomic mass is 10.1. The Morgan fingerprint density at radius 2 is 1.90 bits per heavy atom. The molecule has 0 saturated carbocycles. The molecule has 0 aliphatic heterocycles. The summed E-state index contributed by atoms with van der Waals surface area (Å²) >= 11 is 1.20. The topological polar surface area (TPSA) is 55.1 Å². The first-order valence-electron chi connectivity index (χ1n) is 6.03. The molecule has 0 radical (unpaired) electrons. The molecule has 3 N–H and O–H groups in total. The number of rotatable bonds is 2. The largest absolute Gasteiger partial charge is 0.416 e. The van der Waals surface area contributed by atoms with Gasteiger partial charge < -0.3 is 11.1 Å². The van der Waals surface area contributed by atoms with Crippen LogP contribution in [0.4, 0.5) is 24.5 Å². The third-order valence-electron chi connectivity index (χ3n) is 2.98. The van der Waals surface area contributed by atoms with E-state index < -0.39 is 17.6 Å². The molecule has 21 heavy (non-hydrogen) atoms. The standard InChI is InChI=1S/C14H13F3N2OS/c1-7-3-4-9(5-10(7)14(15,16)17)19-13(20)12-6-11(18)8(2)21-12/h3-6H,18H2,1-2H3,(H,19,20). The van der Waals surface area contributed by atoms with Crippen molar-refractivity contribution in [2.45, 2.75) is 20.0 Å². The van der Waals surface area contributed by atoms with E-state index in [4.69, 9.17) is 5.73 Å². The monoisotopic (exact) mass is 314 g/mol. The highest BCUT2D eigenvalue weighted by atomic mass is 32.1. The molecule has 0 aliphatic carbocycles. The normalized spacial score (nSPS) is 11.5. The highest BCUT2D eigenvalue weighted by Crippen LogP contribution is 2.33. The minimum Gasteiger partial charge on any atom is -0.398 e. The third kappa shape index (κ3) is 3.36. The number of nitrogens with two attached hydrogens (primary N) is 1. The number of hydrogen-bond acceptors (Lipinski definition) is 3. The Labute approximate surface area is 123 Å². The number of amides is 1. The molecular weight excluding hydrogens is 301 g/mol. The lowest BCUT2D eigenvalue weighted by molar-refractivity contribution is -0.138. The number of anilines is 2. The molecule has 2 rings (SSSR count). The number of alkyl halides is 3. The Kier molecular flexibility index (Phi) is 3.95. The minimum atomic E-state index is -4.45. The fourth-order valence-corrected chi connectivity index (χ4v) is 2.64. The summed E-state index contributed by atoms with van der Waals surface area (Å²) in [7, 11) is 0. The van der Waals surface area contributed by atoms with Crippen LogP contribution in [0.15, 0.2) is 24.3 Å². The molecule has 0 aliphatic rings. The van der Waals surface area contributed by atoms with Crippen molar-refractivity contribution < 1.29 is 18.0 Å². The summed E-state index contributed by atoms with van der Waals surface area (Å²) in [4.78, 5) is 13.1. The van der Waals surface area contributed by atoms with Gasteiger partial charge in [0.05, 0.1) is 10.4 Å². The van der Waals surface area contributed by atoms with Crippen LogP contribution in [0.1, 0.15) is 25.7 Å². The second-order valence-electron chi connectivity index (χ2n) is 4.60. The van der Waals surface area contributed by atoms with Gasteiger partial charge in [-0.25, -0.2) is 0 Å². The van der Waals surface area contributed by atoms with E-state index in [0.29, 0.717) is 10.6 Å². The fourth-order valence-electron chi connectivity index (χ4n) is 1.81. The molecule has 3 nitrogen and oxygen atoms in total. The van der Waals surface area contributed by atoms with Gasteiger partial charge in [0, 0.05) is 16.3 Å². The van der Waals surface area contributed by atoms with E-state index in [1.807, 2.05) is 0 Å². The summed E-state index contributed by atoms with van der Waals surface area (Å²) < 4.78 is 38.5. The van der Waals surface area contributed by atoms with Gasteiger partial charge in [0.1, 0.15) is 0 Å². The minimum absolute atomic E-state index is 0.0996. The summed E-state index contributed by atoms with van der Waals surface area (Å²) in [5.74, 6) is -0.475. The maximum absolute atomic E-state index is 12.8. The van der Waals surface area contributed by atoms with Crippen LogP contribution in [0.25, 0.3) is 0 Å². The molecular formula is C14H13F3N2OS. The quantitative estimate of drug-likeness (QED) is 0.872. The predicted octanol–water partition coefficient (Wildman–Crippen LogP) is 4.22. The summed E-state index contributed by atoms with van der Waals surface area (Å²) in [6.07, 6.45) is -4.45. The molecule has 0 saturated heterocycles. The van der Waals surface area contributed by atoms with Crippen LogP contribution in [0.3, 0.4) is 0 Å². The van der Waals surface area contributed by atoms with Crippen molar-refractivity contribution in [1.82, 2.24) is 0 Å². The van der Waals surface area contributed by atoms with Crippen LogP contribution in [0, 0.1) is 13.8 Å². The molecule has 1 aromatic carbocycles. The zero-order valence-electron chi connectivity index (χ0n) is 11.3. The smallest absolute Gasteiger partial charge is 0.398 e. The highest BCUT2D eigenvalue weighted by Gasteiger charge is 2.32. The Morgan fingerprint density at radius 3 is 2.43 bits per heavy atom. The molecule has 2 aromatic rings. The number of nitrogen functional groups attached to an aromatic ring is 1. The van der Waals surface area contributed by atoms with Gasteiger partial charge in [0.2, 0.25) is 0 Å². The SMILES string of the molecule is Cc1ccc(NC(=O)c2cc(N)c(C)s2)cc1C(F)(F)F. The Morgan fingerprint density at radius 1 is 1.24 bits per heavy atom. The van der Waals surface area contributed by atoms with Gasteiger partial charge in [-0.3, -0.25) is 4.79 Å². The first kappa shape index (κ1) is 15.4. The molecule has 0 atom stereocenters. The fraction of sp³-hybridized carbons (Fsp3) is 0.214. The Balaban J connectivity index is 2.26.